The summed E-state index contributed by atoms with van der Waals surface area (Å²) in [7, 11) is 1.61. The first-order valence-corrected chi connectivity index (χ1v) is 6.50. The van der Waals surface area contributed by atoms with Crippen LogP contribution < -0.4 is 10.1 Å². The average Bonchev–Trinajstić information content (AvgIpc) is 2.48. The van der Waals surface area contributed by atoms with Gasteiger partial charge in [-0.1, -0.05) is 11.6 Å². The van der Waals surface area contributed by atoms with Crippen LogP contribution >= 0.6 is 0 Å². The first-order valence-electron chi connectivity index (χ1n) is 6.50. The topological polar surface area (TPSA) is 67.3 Å². The largest absolute Gasteiger partial charge is 0.496 e. The normalized spacial score (nSPS) is 12.2. The fourth-order valence-corrected chi connectivity index (χ4v) is 1.99. The van der Waals surface area contributed by atoms with E-state index in [4.69, 9.17) is 4.74 Å². The van der Waals surface area contributed by atoms with Gasteiger partial charge in [-0.3, -0.25) is 0 Å². The molecule has 1 aromatic heterocycles. The Morgan fingerprint density at radius 3 is 2.90 bits per heavy atom. The number of nitrogens with zero attached hydrogens (tertiary/aromatic N) is 2. The van der Waals surface area contributed by atoms with Gasteiger partial charge in [0.25, 0.3) is 0 Å². The highest BCUT2D eigenvalue weighted by molar-refractivity contribution is 5.38. The number of aromatic nitrogens is 2. The van der Waals surface area contributed by atoms with Crippen molar-refractivity contribution in [3.05, 3.63) is 53.3 Å². The minimum Gasteiger partial charge on any atom is -0.496 e. The quantitative estimate of drug-likeness (QED) is 0.837. The maximum atomic E-state index is 10.3. The molecule has 106 valence electrons. The van der Waals surface area contributed by atoms with Gasteiger partial charge in [-0.15, -0.1) is 0 Å². The number of hydrogen-bond donors (Lipinski definition) is 2. The molecule has 20 heavy (non-hydrogen) atoms. The third-order valence-corrected chi connectivity index (χ3v) is 3.02. The van der Waals surface area contributed by atoms with Crippen molar-refractivity contribution in [3.63, 3.8) is 0 Å². The molecular weight excluding hydrogens is 254 g/mol. The van der Waals surface area contributed by atoms with E-state index in [-0.39, 0.29) is 0 Å². The molecular formula is C15H19N3O2. The van der Waals surface area contributed by atoms with Crippen molar-refractivity contribution < 1.29 is 9.84 Å². The molecule has 1 heterocycles. The molecule has 0 aliphatic carbocycles. The van der Waals surface area contributed by atoms with Crippen LogP contribution in [0.25, 0.3) is 0 Å². The second-order valence-electron chi connectivity index (χ2n) is 4.61. The molecule has 0 saturated heterocycles. The molecule has 0 aliphatic heterocycles. The highest BCUT2D eigenvalue weighted by Gasteiger charge is 2.13. The Kier molecular flexibility index (Phi) is 5.03. The average molecular weight is 273 g/mol. The molecule has 2 N–H and O–H groups in total. The lowest BCUT2D eigenvalue weighted by molar-refractivity contribution is 0.170. The summed E-state index contributed by atoms with van der Waals surface area (Å²) in [5, 5.41) is 21.2. The summed E-state index contributed by atoms with van der Waals surface area (Å²) in [6.07, 6.45) is 1.01. The predicted octanol–water partition coefficient (Wildman–Crippen LogP) is 1.62. The van der Waals surface area contributed by atoms with E-state index in [1.807, 2.05) is 37.3 Å². The Balaban J connectivity index is 1.95. The minimum absolute atomic E-state index is 0.427. The van der Waals surface area contributed by atoms with Gasteiger partial charge in [0.05, 0.1) is 18.9 Å². The molecule has 2 aromatic rings. The number of methoxy groups -OCH3 is 1. The van der Waals surface area contributed by atoms with Gasteiger partial charge >= 0.3 is 0 Å². The molecule has 0 saturated carbocycles. The standard InChI is InChI=1S/C15H19N3O2/c1-11-5-6-15(20-2)13(8-11)14(19)10-16-9-12-4-3-7-17-18-12/h3-8,14,16,19H,9-10H2,1-2H3. The van der Waals surface area contributed by atoms with E-state index in [0.29, 0.717) is 18.8 Å². The fourth-order valence-electron chi connectivity index (χ4n) is 1.99. The Bertz CT molecular complexity index is 546. The summed E-state index contributed by atoms with van der Waals surface area (Å²) in [5.41, 5.74) is 2.73. The number of aryl methyl sites for hydroxylation is 1. The van der Waals surface area contributed by atoms with E-state index in [1.165, 1.54) is 0 Å². The molecule has 0 spiro atoms. The Morgan fingerprint density at radius 1 is 1.35 bits per heavy atom. The van der Waals surface area contributed by atoms with Gasteiger partial charge in [-0.25, -0.2) is 0 Å². The van der Waals surface area contributed by atoms with Crippen LogP contribution in [-0.2, 0) is 6.54 Å². The lowest BCUT2D eigenvalue weighted by Gasteiger charge is -2.16. The third-order valence-electron chi connectivity index (χ3n) is 3.02. The zero-order chi connectivity index (χ0) is 14.4. The van der Waals surface area contributed by atoms with Gasteiger partial charge in [0.2, 0.25) is 0 Å². The van der Waals surface area contributed by atoms with Gasteiger partial charge in [-0.05, 0) is 31.2 Å². The van der Waals surface area contributed by atoms with Gasteiger partial charge in [0, 0.05) is 24.8 Å². The van der Waals surface area contributed by atoms with Crippen LogP contribution in [0, 0.1) is 6.92 Å². The van der Waals surface area contributed by atoms with E-state index < -0.39 is 6.10 Å². The molecule has 0 bridgehead atoms. The van der Waals surface area contributed by atoms with Crippen LogP contribution in [0.4, 0.5) is 0 Å². The predicted molar refractivity (Wildman–Crippen MR) is 76.4 cm³/mol. The number of rotatable bonds is 6. The second-order valence-corrected chi connectivity index (χ2v) is 4.61. The van der Waals surface area contributed by atoms with E-state index in [0.717, 1.165) is 16.8 Å². The van der Waals surface area contributed by atoms with Crippen molar-refractivity contribution in [2.75, 3.05) is 13.7 Å². The first-order chi connectivity index (χ1) is 9.70. The van der Waals surface area contributed by atoms with Crippen LogP contribution in [0.1, 0.15) is 22.9 Å². The van der Waals surface area contributed by atoms with Crippen molar-refractivity contribution in [1.29, 1.82) is 0 Å². The van der Waals surface area contributed by atoms with Gasteiger partial charge in [0.1, 0.15) is 5.75 Å². The molecule has 5 heteroatoms. The highest BCUT2D eigenvalue weighted by atomic mass is 16.5. The molecule has 0 radical (unpaired) electrons. The van der Waals surface area contributed by atoms with Crippen molar-refractivity contribution in [3.8, 4) is 5.75 Å². The number of hydrogen-bond acceptors (Lipinski definition) is 5. The SMILES string of the molecule is COc1ccc(C)cc1C(O)CNCc1cccnn1. The molecule has 0 fully saturated rings. The van der Waals surface area contributed by atoms with Crippen LogP contribution in [0.5, 0.6) is 5.75 Å². The van der Waals surface area contributed by atoms with E-state index in [9.17, 15) is 5.11 Å². The zero-order valence-electron chi connectivity index (χ0n) is 11.7. The summed E-state index contributed by atoms with van der Waals surface area (Å²) in [6, 6.07) is 9.50. The van der Waals surface area contributed by atoms with Crippen LogP contribution in [0.3, 0.4) is 0 Å². The lowest BCUT2D eigenvalue weighted by Crippen LogP contribution is -2.22. The van der Waals surface area contributed by atoms with Gasteiger partial charge in [-0.2, -0.15) is 10.2 Å². The van der Waals surface area contributed by atoms with Gasteiger partial charge in [0.15, 0.2) is 0 Å². The number of ether oxygens (including phenoxy) is 1. The Hall–Kier alpha value is -1.98. The molecule has 1 atom stereocenters. The van der Waals surface area contributed by atoms with Crippen LogP contribution in [0.2, 0.25) is 0 Å². The fraction of sp³-hybridized carbons (Fsp3) is 0.333. The third kappa shape index (κ3) is 3.76. The summed E-state index contributed by atoms with van der Waals surface area (Å²) >= 11 is 0. The Labute approximate surface area is 118 Å². The molecule has 1 unspecified atom stereocenters. The van der Waals surface area contributed by atoms with E-state index in [1.54, 1.807) is 13.3 Å². The number of nitrogens with one attached hydrogen (secondary N) is 1. The van der Waals surface area contributed by atoms with Crippen molar-refractivity contribution >= 4 is 0 Å². The van der Waals surface area contributed by atoms with Crippen LogP contribution in [-0.4, -0.2) is 29.0 Å². The number of benzene rings is 1. The van der Waals surface area contributed by atoms with Crippen LogP contribution in [0.15, 0.2) is 36.5 Å². The minimum atomic E-state index is -0.624. The highest BCUT2D eigenvalue weighted by Crippen LogP contribution is 2.25. The number of aliphatic hydroxyl groups excluding tert-OH is 1. The monoisotopic (exact) mass is 273 g/mol. The zero-order valence-corrected chi connectivity index (χ0v) is 11.7. The van der Waals surface area contributed by atoms with Crippen molar-refractivity contribution in [2.24, 2.45) is 0 Å². The summed E-state index contributed by atoms with van der Waals surface area (Å²) in [6.45, 7) is 2.98. The van der Waals surface area contributed by atoms with E-state index >= 15 is 0 Å². The molecule has 1 aromatic carbocycles. The summed E-state index contributed by atoms with van der Waals surface area (Å²) in [4.78, 5) is 0. The van der Waals surface area contributed by atoms with Crippen molar-refractivity contribution in [2.45, 2.75) is 19.6 Å². The molecule has 5 nitrogen and oxygen atoms in total. The maximum Gasteiger partial charge on any atom is 0.124 e. The number of aliphatic hydroxyl groups is 1. The van der Waals surface area contributed by atoms with Crippen molar-refractivity contribution in [1.82, 2.24) is 15.5 Å². The smallest absolute Gasteiger partial charge is 0.124 e. The van der Waals surface area contributed by atoms with E-state index in [2.05, 4.69) is 15.5 Å². The maximum absolute atomic E-state index is 10.3. The van der Waals surface area contributed by atoms with Gasteiger partial charge < -0.3 is 15.2 Å². The summed E-state index contributed by atoms with van der Waals surface area (Å²) in [5.74, 6) is 0.699. The Morgan fingerprint density at radius 2 is 2.20 bits per heavy atom. The molecule has 0 amide bonds. The molecule has 2 rings (SSSR count). The second kappa shape index (κ2) is 6.98. The molecule has 0 aliphatic rings. The lowest BCUT2D eigenvalue weighted by atomic mass is 10.1. The summed E-state index contributed by atoms with van der Waals surface area (Å²) < 4.78 is 5.28. The first kappa shape index (κ1) is 14.4.